The highest BCUT2D eigenvalue weighted by Gasteiger charge is 2.58. The van der Waals surface area contributed by atoms with E-state index >= 15 is 0 Å². The van der Waals surface area contributed by atoms with Crippen molar-refractivity contribution in [3.05, 3.63) is 65.9 Å². The van der Waals surface area contributed by atoms with Gasteiger partial charge in [0.2, 0.25) is 5.91 Å². The molecule has 0 spiro atoms. The van der Waals surface area contributed by atoms with Gasteiger partial charge in [0.15, 0.2) is 0 Å². The van der Waals surface area contributed by atoms with Crippen LogP contribution in [0, 0.1) is 23.2 Å². The van der Waals surface area contributed by atoms with Crippen LogP contribution in [0.2, 0.25) is 0 Å². The lowest BCUT2D eigenvalue weighted by atomic mass is 9.70. The molecule has 1 aliphatic carbocycles. The summed E-state index contributed by atoms with van der Waals surface area (Å²) >= 11 is 0. The number of ether oxygens (including phenoxy) is 3. The number of aromatic nitrogens is 4. The molecule has 4 N–H and O–H groups in total. The summed E-state index contributed by atoms with van der Waals surface area (Å²) in [5.74, 6) is 2.40. The fourth-order valence-corrected chi connectivity index (χ4v) is 10.1. The first-order chi connectivity index (χ1) is 27.7. The van der Waals surface area contributed by atoms with Gasteiger partial charge >= 0.3 is 12.2 Å². The number of nitrogens with zero attached hydrogens (tertiary/aromatic N) is 4. The first-order valence-corrected chi connectivity index (χ1v) is 20.2. The maximum Gasteiger partial charge on any atom is 0.408 e. The number of methoxy groups -OCH3 is 2. The fourth-order valence-electron chi connectivity index (χ4n) is 10.1. The monoisotopic (exact) mass is 789 g/mol. The molecule has 14 nitrogen and oxygen atoms in total. The number of piperidine rings is 1. The molecule has 2 saturated heterocycles. The number of carboxylic acid groups (broad SMARTS) is 1. The molecule has 58 heavy (non-hydrogen) atoms. The molecule has 3 aromatic carbocycles. The Hall–Kier alpha value is -5.63. The Labute approximate surface area is 336 Å². The third-order valence-corrected chi connectivity index (χ3v) is 13.1. The number of hydrogen-bond acceptors (Lipinski definition) is 8. The second-order valence-corrected chi connectivity index (χ2v) is 17.9. The van der Waals surface area contributed by atoms with Crippen molar-refractivity contribution in [2.45, 2.75) is 84.2 Å². The number of amides is 3. The van der Waals surface area contributed by atoms with Gasteiger partial charge in [-0.1, -0.05) is 52.8 Å². The summed E-state index contributed by atoms with van der Waals surface area (Å²) < 4.78 is 16.7. The van der Waals surface area contributed by atoms with E-state index in [1.54, 1.807) is 18.2 Å². The van der Waals surface area contributed by atoms with E-state index in [2.05, 4.69) is 72.5 Å². The predicted molar refractivity (Wildman–Crippen MR) is 217 cm³/mol. The highest BCUT2D eigenvalue weighted by Crippen LogP contribution is 2.54. The highest BCUT2D eigenvalue weighted by molar-refractivity contribution is 6.07. The van der Waals surface area contributed by atoms with E-state index < -0.39 is 29.2 Å². The van der Waals surface area contributed by atoms with Crippen LogP contribution in [0.15, 0.2) is 48.7 Å². The van der Waals surface area contributed by atoms with Crippen molar-refractivity contribution in [1.82, 2.24) is 35.1 Å². The van der Waals surface area contributed by atoms with Crippen molar-refractivity contribution in [1.29, 1.82) is 0 Å². The number of carbonyl (C=O) groups is 3. The highest BCUT2D eigenvalue weighted by atomic mass is 16.5. The van der Waals surface area contributed by atoms with Crippen LogP contribution in [0.4, 0.5) is 9.59 Å². The van der Waals surface area contributed by atoms with Gasteiger partial charge in [-0.3, -0.25) is 9.69 Å². The van der Waals surface area contributed by atoms with Crippen molar-refractivity contribution in [2.75, 3.05) is 27.4 Å². The zero-order valence-corrected chi connectivity index (χ0v) is 34.0. The lowest BCUT2D eigenvalue weighted by molar-refractivity contribution is -0.136. The quantitative estimate of drug-likeness (QED) is 0.123. The van der Waals surface area contributed by atoms with Crippen LogP contribution in [0.3, 0.4) is 0 Å². The van der Waals surface area contributed by atoms with Crippen LogP contribution in [0.1, 0.15) is 77.1 Å². The van der Waals surface area contributed by atoms with E-state index in [0.29, 0.717) is 37.9 Å². The van der Waals surface area contributed by atoms with Gasteiger partial charge in [-0.25, -0.2) is 19.6 Å². The number of imidazole rings is 2. The first-order valence-electron chi connectivity index (χ1n) is 20.2. The predicted octanol–water partition coefficient (Wildman–Crippen LogP) is 7.60. The Morgan fingerprint density at radius 2 is 1.88 bits per heavy atom. The summed E-state index contributed by atoms with van der Waals surface area (Å²) in [6.07, 6.45) is 2.60. The molecule has 2 aromatic heterocycles. The average Bonchev–Trinajstić information content (AvgIpc) is 3.65. The van der Waals surface area contributed by atoms with Gasteiger partial charge in [-0.2, -0.15) is 0 Å². The summed E-state index contributed by atoms with van der Waals surface area (Å²) in [4.78, 5) is 59.3. The molecule has 6 atom stereocenters. The van der Waals surface area contributed by atoms with E-state index in [9.17, 15) is 19.5 Å². The average molecular weight is 790 g/mol. The van der Waals surface area contributed by atoms with Gasteiger partial charge in [0.25, 0.3) is 0 Å². The number of likely N-dealkylation sites (tertiary alicyclic amines) is 2. The van der Waals surface area contributed by atoms with Crippen molar-refractivity contribution in [3.63, 3.8) is 0 Å². The van der Waals surface area contributed by atoms with Gasteiger partial charge in [0.05, 0.1) is 42.7 Å². The molecule has 3 fully saturated rings. The van der Waals surface area contributed by atoms with Crippen molar-refractivity contribution in [2.24, 2.45) is 23.2 Å². The Morgan fingerprint density at radius 3 is 2.60 bits per heavy atom. The minimum Gasteiger partial charge on any atom is -0.488 e. The number of alkyl carbamates (subject to hydrolysis) is 1. The van der Waals surface area contributed by atoms with E-state index in [-0.39, 0.29) is 29.8 Å². The third kappa shape index (κ3) is 5.97. The summed E-state index contributed by atoms with van der Waals surface area (Å²) in [5, 5.41) is 15.1. The maximum absolute atomic E-state index is 14.0. The second-order valence-electron chi connectivity index (χ2n) is 17.9. The maximum atomic E-state index is 14.0. The summed E-state index contributed by atoms with van der Waals surface area (Å²) in [6.45, 7) is 11.3. The molecular formula is C44H51N7O7. The molecule has 0 unspecified atom stereocenters. The molecule has 5 heterocycles. The Morgan fingerprint density at radius 1 is 1.07 bits per heavy atom. The second kappa shape index (κ2) is 13.7. The molecular weight excluding hydrogens is 739 g/mol. The van der Waals surface area contributed by atoms with Crippen LogP contribution < -0.4 is 10.1 Å². The van der Waals surface area contributed by atoms with Crippen LogP contribution >= 0.6 is 0 Å². The number of benzene rings is 3. The number of fused-ring (bicyclic) bond motifs is 7. The topological polar surface area (TPSA) is 175 Å². The Balaban J connectivity index is 1.01. The molecule has 14 heteroatoms. The normalized spacial score (nSPS) is 24.1. The molecule has 4 aliphatic rings. The molecule has 0 radical (unpaired) electrons. The smallest absolute Gasteiger partial charge is 0.408 e. The Kier molecular flexibility index (Phi) is 8.99. The van der Waals surface area contributed by atoms with Gasteiger partial charge in [-0.15, -0.1) is 0 Å². The van der Waals surface area contributed by atoms with Crippen LogP contribution in [-0.4, -0.2) is 92.4 Å². The van der Waals surface area contributed by atoms with Crippen LogP contribution in [0.25, 0.3) is 44.2 Å². The first kappa shape index (κ1) is 37.9. The minimum atomic E-state index is -0.966. The number of H-pyrrole nitrogens is 2. The summed E-state index contributed by atoms with van der Waals surface area (Å²) in [5.41, 5.74) is 5.27. The molecule has 1 saturated carbocycles. The van der Waals surface area contributed by atoms with E-state index in [0.717, 1.165) is 74.2 Å². The molecule has 9 rings (SSSR count). The summed E-state index contributed by atoms with van der Waals surface area (Å²) in [7, 11) is 2.95. The molecule has 3 amide bonds. The van der Waals surface area contributed by atoms with Gasteiger partial charge in [-0.05, 0) is 82.9 Å². The number of rotatable bonds is 8. The molecule has 304 valence electrons. The standard InChI is InChI=1S/C44H51N7O7/c1-22(2)36(49-41(53)57-7)39(52)51-33-14-26(33)15-34(51)38-46-31-11-9-24-13-30-28-10-8-25(12-27(28)21-58-35(30)16-29(24)37(31)48-38)32-18-45-40(47-32)44(43(3,4)5)17-23(20-56-6)19-50(44)42(54)55/h8-13,16,18,22-23,26,33-34,36H,14-15,17,19-21H2,1-7H3,(H,45,47)(H,46,48)(H,49,53)(H,54,55)/t23-,26+,33+,34-,36-,44+/m0/s1. The SMILES string of the molecule is COC[C@@H]1CN(C(=O)O)[C@](c2ncc(-c3ccc4c(c3)COc3cc5c(ccc6nc([C@@H]7C[C@H]8C[C@H]8N7C(=O)[C@@H](NC(=O)OC)C(C)C)[nH]c65)cc3-4)[nH]2)(C(C)(C)C)C1. The van der Waals surface area contributed by atoms with Crippen molar-refractivity contribution < 1.29 is 33.7 Å². The number of hydrogen-bond donors (Lipinski definition) is 4. The zero-order chi connectivity index (χ0) is 40.8. The molecule has 3 aliphatic heterocycles. The molecule has 0 bridgehead atoms. The van der Waals surface area contributed by atoms with Gasteiger partial charge < -0.3 is 39.5 Å². The minimum absolute atomic E-state index is 0.0528. The van der Waals surface area contributed by atoms with Gasteiger partial charge in [0.1, 0.15) is 35.6 Å². The largest absolute Gasteiger partial charge is 0.488 e. The van der Waals surface area contributed by atoms with E-state index in [1.807, 2.05) is 24.8 Å². The molecule has 5 aromatic rings. The third-order valence-electron chi connectivity index (χ3n) is 13.1. The van der Waals surface area contributed by atoms with Gasteiger partial charge in [0, 0.05) is 36.6 Å². The Bertz CT molecular complexity index is 2470. The van der Waals surface area contributed by atoms with Crippen molar-refractivity contribution >= 4 is 39.9 Å². The number of aromatic amines is 2. The number of nitrogens with one attached hydrogen (secondary N) is 3. The number of carbonyl (C=O) groups excluding carboxylic acids is 2. The van der Waals surface area contributed by atoms with E-state index in [4.69, 9.17) is 24.2 Å². The lowest BCUT2D eigenvalue weighted by Gasteiger charge is -2.45. The van der Waals surface area contributed by atoms with Crippen molar-refractivity contribution in [3.8, 4) is 28.1 Å². The summed E-state index contributed by atoms with van der Waals surface area (Å²) in [6, 6.07) is 13.9. The van der Waals surface area contributed by atoms with Crippen LogP contribution in [0.5, 0.6) is 5.75 Å². The fraction of sp³-hybridized carbons (Fsp3) is 0.477. The lowest BCUT2D eigenvalue weighted by Crippen LogP contribution is -2.53. The zero-order valence-electron chi connectivity index (χ0n) is 34.0. The van der Waals surface area contributed by atoms with E-state index in [1.165, 1.54) is 7.11 Å². The van der Waals surface area contributed by atoms with Crippen LogP contribution in [-0.2, 0) is 26.4 Å².